The first kappa shape index (κ1) is 16.0. The van der Waals surface area contributed by atoms with E-state index in [1.165, 1.54) is 0 Å². The fraction of sp³-hybridized carbons (Fsp3) is 0.0588. The van der Waals surface area contributed by atoms with Gasteiger partial charge in [0.05, 0.1) is 0 Å². The maximum Gasteiger partial charge on any atom is 0.286 e. The third-order valence-electron chi connectivity index (χ3n) is 3.57. The lowest BCUT2D eigenvalue weighted by Crippen LogP contribution is -2.45. The monoisotopic (exact) mass is 342 g/mol. The van der Waals surface area contributed by atoms with E-state index in [9.17, 15) is 9.59 Å². The molecule has 2 aromatic carbocycles. The summed E-state index contributed by atoms with van der Waals surface area (Å²) in [6.45, 7) is 0. The van der Waals surface area contributed by atoms with Gasteiger partial charge in [0.1, 0.15) is 11.7 Å². The predicted molar refractivity (Wildman–Crippen MR) is 92.3 cm³/mol. The summed E-state index contributed by atoms with van der Waals surface area (Å²) in [7, 11) is 0. The Bertz CT molecular complexity index is 892. The van der Waals surface area contributed by atoms with Crippen molar-refractivity contribution >= 4 is 34.3 Å². The molecule has 24 heavy (non-hydrogen) atoms. The minimum Gasteiger partial charge on any atom is -0.350 e. The number of amides is 2. The summed E-state index contributed by atoms with van der Waals surface area (Å²) in [5.41, 5.74) is 12.3. The van der Waals surface area contributed by atoms with Crippen LogP contribution in [0.2, 0.25) is 5.02 Å². The van der Waals surface area contributed by atoms with Gasteiger partial charge in [-0.25, -0.2) is 0 Å². The van der Waals surface area contributed by atoms with Gasteiger partial charge in [-0.15, -0.1) is 0 Å². The van der Waals surface area contributed by atoms with E-state index in [2.05, 4.69) is 15.8 Å². The van der Waals surface area contributed by atoms with Gasteiger partial charge in [0, 0.05) is 15.9 Å². The predicted octanol–water partition coefficient (Wildman–Crippen LogP) is 2.28. The number of H-pyrrole nitrogens is 1. The van der Waals surface area contributed by atoms with E-state index in [4.69, 9.17) is 17.3 Å². The van der Waals surface area contributed by atoms with E-state index < -0.39 is 17.9 Å². The number of hydrogen-bond donors (Lipinski definition) is 4. The van der Waals surface area contributed by atoms with Crippen molar-refractivity contribution < 1.29 is 9.59 Å². The van der Waals surface area contributed by atoms with Gasteiger partial charge in [-0.3, -0.25) is 20.4 Å². The Morgan fingerprint density at radius 1 is 1.04 bits per heavy atom. The highest BCUT2D eigenvalue weighted by molar-refractivity contribution is 6.31. The molecule has 5 N–H and O–H groups in total. The molecular weight excluding hydrogens is 328 g/mol. The molecule has 0 aliphatic carbocycles. The summed E-state index contributed by atoms with van der Waals surface area (Å²) in [5, 5.41) is 1.38. The van der Waals surface area contributed by atoms with Crippen LogP contribution in [0, 0.1) is 0 Å². The first-order valence-corrected chi connectivity index (χ1v) is 7.61. The fourth-order valence-corrected chi connectivity index (χ4v) is 2.48. The Morgan fingerprint density at radius 3 is 2.54 bits per heavy atom. The fourth-order valence-electron chi connectivity index (χ4n) is 2.30. The molecule has 0 aliphatic heterocycles. The molecule has 1 atom stereocenters. The van der Waals surface area contributed by atoms with Crippen molar-refractivity contribution in [1.29, 1.82) is 0 Å². The SMILES string of the molecule is NC(C(=O)NNC(=O)c1cc2cc(Cl)ccc2[nH]1)c1ccccc1. The van der Waals surface area contributed by atoms with Crippen LogP contribution in [0.4, 0.5) is 0 Å². The number of benzene rings is 2. The lowest BCUT2D eigenvalue weighted by molar-refractivity contribution is -0.123. The van der Waals surface area contributed by atoms with Gasteiger partial charge in [0.2, 0.25) is 0 Å². The standard InChI is InChI=1S/C17H15ClN4O2/c18-12-6-7-13-11(8-12)9-14(20-13)16(23)21-22-17(24)15(19)10-4-2-1-3-5-10/h1-9,15,20H,19H2,(H,21,23)(H,22,24). The number of aromatic nitrogens is 1. The highest BCUT2D eigenvalue weighted by atomic mass is 35.5. The van der Waals surface area contributed by atoms with E-state index >= 15 is 0 Å². The van der Waals surface area contributed by atoms with Crippen LogP contribution in [0.3, 0.4) is 0 Å². The van der Waals surface area contributed by atoms with E-state index in [-0.39, 0.29) is 0 Å². The quantitative estimate of drug-likeness (QED) is 0.549. The smallest absolute Gasteiger partial charge is 0.286 e. The average Bonchev–Trinajstić information content (AvgIpc) is 3.02. The van der Waals surface area contributed by atoms with Crippen molar-refractivity contribution in [3.05, 3.63) is 70.9 Å². The number of hydrazine groups is 1. The molecule has 0 radical (unpaired) electrons. The molecule has 3 rings (SSSR count). The van der Waals surface area contributed by atoms with Gasteiger partial charge in [0.15, 0.2) is 0 Å². The van der Waals surface area contributed by atoms with Crippen LogP contribution in [0.25, 0.3) is 10.9 Å². The van der Waals surface area contributed by atoms with Crippen molar-refractivity contribution in [2.45, 2.75) is 6.04 Å². The average molecular weight is 343 g/mol. The second-order valence-corrected chi connectivity index (χ2v) is 5.68. The van der Waals surface area contributed by atoms with Crippen LogP contribution in [0.1, 0.15) is 22.1 Å². The molecule has 1 unspecified atom stereocenters. The minimum atomic E-state index is -0.868. The Labute approximate surface area is 143 Å². The zero-order valence-corrected chi connectivity index (χ0v) is 13.3. The molecule has 2 amide bonds. The molecule has 0 bridgehead atoms. The zero-order valence-electron chi connectivity index (χ0n) is 12.5. The van der Waals surface area contributed by atoms with Gasteiger partial charge < -0.3 is 10.7 Å². The van der Waals surface area contributed by atoms with Crippen LogP contribution < -0.4 is 16.6 Å². The zero-order chi connectivity index (χ0) is 17.1. The van der Waals surface area contributed by atoms with Crippen molar-refractivity contribution in [3.63, 3.8) is 0 Å². The molecule has 0 spiro atoms. The van der Waals surface area contributed by atoms with Crippen molar-refractivity contribution in [3.8, 4) is 0 Å². The number of nitrogens with one attached hydrogen (secondary N) is 3. The van der Waals surface area contributed by atoms with Crippen molar-refractivity contribution in [2.24, 2.45) is 5.73 Å². The summed E-state index contributed by atoms with van der Waals surface area (Å²) in [6, 6.07) is 14.9. The number of carbonyl (C=O) groups is 2. The first-order valence-electron chi connectivity index (χ1n) is 7.23. The Balaban J connectivity index is 1.65. The summed E-state index contributed by atoms with van der Waals surface area (Å²) in [6.07, 6.45) is 0. The maximum absolute atomic E-state index is 12.1. The highest BCUT2D eigenvalue weighted by Gasteiger charge is 2.17. The summed E-state index contributed by atoms with van der Waals surface area (Å²) < 4.78 is 0. The number of hydrogen-bond acceptors (Lipinski definition) is 3. The van der Waals surface area contributed by atoms with Crippen LogP contribution in [0.5, 0.6) is 0 Å². The number of halogens is 1. The Kier molecular flexibility index (Phi) is 4.50. The molecule has 0 saturated heterocycles. The van der Waals surface area contributed by atoms with Crippen LogP contribution in [-0.2, 0) is 4.79 Å². The van der Waals surface area contributed by atoms with Crippen LogP contribution >= 0.6 is 11.6 Å². The second kappa shape index (κ2) is 6.74. The van der Waals surface area contributed by atoms with Gasteiger partial charge in [0.25, 0.3) is 11.8 Å². The molecule has 7 heteroatoms. The van der Waals surface area contributed by atoms with Gasteiger partial charge in [-0.1, -0.05) is 41.9 Å². The normalized spacial score (nSPS) is 11.9. The number of nitrogens with two attached hydrogens (primary N) is 1. The first-order chi connectivity index (χ1) is 11.5. The van der Waals surface area contributed by atoms with E-state index in [0.717, 1.165) is 10.9 Å². The van der Waals surface area contributed by atoms with Gasteiger partial charge >= 0.3 is 0 Å². The molecule has 0 saturated carbocycles. The number of carbonyl (C=O) groups excluding carboxylic acids is 2. The molecule has 6 nitrogen and oxygen atoms in total. The molecule has 0 aliphatic rings. The number of fused-ring (bicyclic) bond motifs is 1. The Morgan fingerprint density at radius 2 is 1.79 bits per heavy atom. The van der Waals surface area contributed by atoms with Crippen molar-refractivity contribution in [2.75, 3.05) is 0 Å². The summed E-state index contributed by atoms with van der Waals surface area (Å²) in [4.78, 5) is 27.1. The van der Waals surface area contributed by atoms with Crippen LogP contribution in [-0.4, -0.2) is 16.8 Å². The molecule has 122 valence electrons. The molecule has 1 aromatic heterocycles. The van der Waals surface area contributed by atoms with Crippen LogP contribution in [0.15, 0.2) is 54.6 Å². The number of rotatable bonds is 3. The molecule has 1 heterocycles. The largest absolute Gasteiger partial charge is 0.350 e. The van der Waals surface area contributed by atoms with Gasteiger partial charge in [-0.2, -0.15) is 0 Å². The maximum atomic E-state index is 12.1. The molecule has 3 aromatic rings. The van der Waals surface area contributed by atoms with E-state index in [1.807, 2.05) is 6.07 Å². The molecule has 0 fully saturated rings. The van der Waals surface area contributed by atoms with E-state index in [0.29, 0.717) is 16.3 Å². The van der Waals surface area contributed by atoms with Gasteiger partial charge in [-0.05, 0) is 29.8 Å². The second-order valence-electron chi connectivity index (χ2n) is 5.25. The minimum absolute atomic E-state index is 0.306. The van der Waals surface area contributed by atoms with E-state index in [1.54, 1.807) is 48.5 Å². The number of aromatic amines is 1. The Hall–Kier alpha value is -2.83. The highest BCUT2D eigenvalue weighted by Crippen LogP contribution is 2.20. The topological polar surface area (TPSA) is 100 Å². The van der Waals surface area contributed by atoms with Crippen molar-refractivity contribution in [1.82, 2.24) is 15.8 Å². The summed E-state index contributed by atoms with van der Waals surface area (Å²) >= 11 is 5.92. The summed E-state index contributed by atoms with van der Waals surface area (Å²) in [5.74, 6) is -0.982. The third kappa shape index (κ3) is 3.40. The third-order valence-corrected chi connectivity index (χ3v) is 3.80. The lowest BCUT2D eigenvalue weighted by Gasteiger charge is -2.12. The molecular formula is C17H15ClN4O2. The lowest BCUT2D eigenvalue weighted by atomic mass is 10.1.